The summed E-state index contributed by atoms with van der Waals surface area (Å²) in [7, 11) is 1.60. The van der Waals surface area contributed by atoms with Gasteiger partial charge in [0.1, 0.15) is 24.1 Å². The summed E-state index contributed by atoms with van der Waals surface area (Å²) in [5.74, 6) is 0.0638. The molecule has 1 aliphatic heterocycles. The Morgan fingerprint density at radius 1 is 1.14 bits per heavy atom. The van der Waals surface area contributed by atoms with Gasteiger partial charge in [0.05, 0.1) is 19.4 Å². The fourth-order valence-corrected chi connectivity index (χ4v) is 2.75. The molecule has 0 bridgehead atoms. The van der Waals surface area contributed by atoms with Crippen molar-refractivity contribution >= 4 is 17.5 Å². The van der Waals surface area contributed by atoms with Crippen molar-refractivity contribution in [3.05, 3.63) is 72.1 Å². The zero-order valence-corrected chi connectivity index (χ0v) is 16.6. The Morgan fingerprint density at radius 3 is 2.52 bits per heavy atom. The molecule has 1 unspecified atom stereocenters. The van der Waals surface area contributed by atoms with Gasteiger partial charge in [0.2, 0.25) is 5.88 Å². The zero-order valence-electron chi connectivity index (χ0n) is 16.6. The number of nitrogens with two attached hydrogens (primary N) is 1. The fourth-order valence-electron chi connectivity index (χ4n) is 2.75. The van der Waals surface area contributed by atoms with Gasteiger partial charge >= 0.3 is 5.97 Å². The minimum atomic E-state index is -0.805. The van der Waals surface area contributed by atoms with Gasteiger partial charge < -0.3 is 19.9 Å². The van der Waals surface area contributed by atoms with Crippen molar-refractivity contribution in [1.29, 1.82) is 0 Å². The highest BCUT2D eigenvalue weighted by Gasteiger charge is 2.30. The molecule has 1 atom stereocenters. The third-order valence-electron chi connectivity index (χ3n) is 4.30. The number of ether oxygens (including phenoxy) is 3. The first-order valence-electron chi connectivity index (χ1n) is 9.45. The van der Waals surface area contributed by atoms with Crippen molar-refractivity contribution in [3.63, 3.8) is 0 Å². The molecule has 2 N–H and O–H groups in total. The summed E-state index contributed by atoms with van der Waals surface area (Å²) in [6.07, 6.45) is 2.48. The molecule has 2 aromatic carbocycles. The van der Waals surface area contributed by atoms with E-state index < -0.39 is 11.9 Å². The van der Waals surface area contributed by atoms with Crippen LogP contribution in [0, 0.1) is 5.92 Å². The lowest BCUT2D eigenvalue weighted by Gasteiger charge is -2.28. The van der Waals surface area contributed by atoms with Crippen LogP contribution in [0.1, 0.15) is 18.9 Å². The molecule has 0 aliphatic carbocycles. The Labute approximate surface area is 170 Å². The van der Waals surface area contributed by atoms with Crippen LogP contribution in [0.15, 0.2) is 71.7 Å². The highest BCUT2D eigenvalue weighted by atomic mass is 16.5. The first-order chi connectivity index (χ1) is 14.1. The van der Waals surface area contributed by atoms with Crippen molar-refractivity contribution < 1.29 is 19.0 Å². The monoisotopic (exact) mass is 395 g/mol. The Kier molecular flexibility index (Phi) is 6.73. The van der Waals surface area contributed by atoms with Gasteiger partial charge in [-0.25, -0.2) is 0 Å². The first kappa shape index (κ1) is 20.3. The minimum absolute atomic E-state index is 0.133. The second-order valence-corrected chi connectivity index (χ2v) is 6.46. The Morgan fingerprint density at radius 2 is 1.86 bits per heavy atom. The molecule has 0 aromatic heterocycles. The SMILES string of the molecule is CCCOC1=CC(C(=O)OCc2ccc(OC)cc2)C(N)=NN1c1ccccc1. The van der Waals surface area contributed by atoms with E-state index in [0.29, 0.717) is 12.5 Å². The average Bonchev–Trinajstić information content (AvgIpc) is 2.77. The van der Waals surface area contributed by atoms with Gasteiger partial charge in [-0.15, -0.1) is 0 Å². The third kappa shape index (κ3) is 5.07. The van der Waals surface area contributed by atoms with Crippen molar-refractivity contribution in [2.45, 2.75) is 20.0 Å². The lowest BCUT2D eigenvalue weighted by Crippen LogP contribution is -2.38. The molecule has 0 spiro atoms. The minimum Gasteiger partial charge on any atom is -0.497 e. The summed E-state index contributed by atoms with van der Waals surface area (Å²) >= 11 is 0. The topological polar surface area (TPSA) is 86.4 Å². The molecule has 2 aromatic rings. The summed E-state index contributed by atoms with van der Waals surface area (Å²) in [6.45, 7) is 2.64. The number of hydrogen-bond donors (Lipinski definition) is 1. The number of benzene rings is 2. The van der Waals surface area contributed by atoms with Crippen molar-refractivity contribution in [2.24, 2.45) is 16.8 Å². The molecule has 0 saturated heterocycles. The molecule has 0 radical (unpaired) electrons. The van der Waals surface area contributed by atoms with E-state index in [1.807, 2.05) is 61.5 Å². The molecule has 152 valence electrons. The smallest absolute Gasteiger partial charge is 0.321 e. The van der Waals surface area contributed by atoms with Gasteiger partial charge in [0.15, 0.2) is 0 Å². The van der Waals surface area contributed by atoms with Crippen LogP contribution in [-0.2, 0) is 20.9 Å². The van der Waals surface area contributed by atoms with Gasteiger partial charge in [-0.2, -0.15) is 10.1 Å². The van der Waals surface area contributed by atoms with Crippen molar-refractivity contribution in [3.8, 4) is 5.75 Å². The molecule has 29 heavy (non-hydrogen) atoms. The molecule has 1 aliphatic rings. The van der Waals surface area contributed by atoms with Crippen LogP contribution in [-0.4, -0.2) is 25.5 Å². The first-order valence-corrected chi connectivity index (χ1v) is 9.45. The van der Waals surface area contributed by atoms with Crippen LogP contribution < -0.4 is 15.5 Å². The van der Waals surface area contributed by atoms with Crippen molar-refractivity contribution in [1.82, 2.24) is 0 Å². The fraction of sp³-hybridized carbons (Fsp3) is 0.273. The summed E-state index contributed by atoms with van der Waals surface area (Å²) in [6, 6.07) is 16.8. The summed E-state index contributed by atoms with van der Waals surface area (Å²) in [5.41, 5.74) is 7.74. The van der Waals surface area contributed by atoms with Gasteiger partial charge in [-0.05, 0) is 42.3 Å². The second kappa shape index (κ2) is 9.64. The van der Waals surface area contributed by atoms with Crippen LogP contribution in [0.2, 0.25) is 0 Å². The number of amidine groups is 1. The van der Waals surface area contributed by atoms with E-state index in [1.54, 1.807) is 18.2 Å². The maximum atomic E-state index is 12.6. The Hall–Kier alpha value is -3.48. The lowest BCUT2D eigenvalue weighted by molar-refractivity contribution is -0.146. The predicted molar refractivity (Wildman–Crippen MR) is 111 cm³/mol. The number of nitrogens with zero attached hydrogens (tertiary/aromatic N) is 2. The molecular weight excluding hydrogens is 370 g/mol. The van der Waals surface area contributed by atoms with Crippen molar-refractivity contribution in [2.75, 3.05) is 18.7 Å². The lowest BCUT2D eigenvalue weighted by atomic mass is 10.1. The molecule has 0 amide bonds. The standard InChI is InChI=1S/C22H25N3O4/c1-3-13-28-20-14-19(21(23)24-25(20)17-7-5-4-6-8-17)22(26)29-15-16-9-11-18(27-2)12-10-16/h4-12,14,19H,3,13,15H2,1-2H3,(H2,23,24). The number of methoxy groups -OCH3 is 1. The molecular formula is C22H25N3O4. The summed E-state index contributed by atoms with van der Waals surface area (Å²) in [5, 5.41) is 5.98. The normalized spacial score (nSPS) is 15.9. The number of anilines is 1. The molecule has 0 fully saturated rings. The summed E-state index contributed by atoms with van der Waals surface area (Å²) < 4.78 is 16.4. The van der Waals surface area contributed by atoms with Crippen LogP contribution in [0.3, 0.4) is 0 Å². The number of hydrazone groups is 1. The number of carbonyl (C=O) groups is 1. The number of esters is 1. The molecule has 1 heterocycles. The van der Waals surface area contributed by atoms with E-state index in [9.17, 15) is 4.79 Å². The van der Waals surface area contributed by atoms with Gasteiger partial charge in [0.25, 0.3) is 0 Å². The van der Waals surface area contributed by atoms with Gasteiger partial charge in [0, 0.05) is 0 Å². The molecule has 0 saturated carbocycles. The van der Waals surface area contributed by atoms with E-state index in [1.165, 1.54) is 0 Å². The zero-order chi connectivity index (χ0) is 20.6. The maximum Gasteiger partial charge on any atom is 0.321 e. The quantitative estimate of drug-likeness (QED) is 0.690. The number of para-hydroxylation sites is 1. The number of carbonyl (C=O) groups excluding carboxylic acids is 1. The second-order valence-electron chi connectivity index (χ2n) is 6.46. The van der Waals surface area contributed by atoms with E-state index in [2.05, 4.69) is 5.10 Å². The Bertz CT molecular complexity index is 879. The van der Waals surface area contributed by atoms with Crippen LogP contribution in [0.25, 0.3) is 0 Å². The highest BCUT2D eigenvalue weighted by molar-refractivity contribution is 6.03. The van der Waals surface area contributed by atoms with Gasteiger partial charge in [-0.3, -0.25) is 4.79 Å². The van der Waals surface area contributed by atoms with E-state index in [0.717, 1.165) is 23.4 Å². The maximum absolute atomic E-state index is 12.6. The summed E-state index contributed by atoms with van der Waals surface area (Å²) in [4.78, 5) is 12.6. The number of rotatable bonds is 8. The van der Waals surface area contributed by atoms with Gasteiger partial charge in [-0.1, -0.05) is 37.3 Å². The molecule has 7 heteroatoms. The van der Waals surface area contributed by atoms with Crippen LogP contribution >= 0.6 is 0 Å². The third-order valence-corrected chi connectivity index (χ3v) is 4.30. The molecule has 7 nitrogen and oxygen atoms in total. The highest BCUT2D eigenvalue weighted by Crippen LogP contribution is 2.26. The van der Waals surface area contributed by atoms with Crippen LogP contribution in [0.4, 0.5) is 5.69 Å². The van der Waals surface area contributed by atoms with E-state index >= 15 is 0 Å². The predicted octanol–water partition coefficient (Wildman–Crippen LogP) is 3.42. The molecule has 3 rings (SSSR count). The van der Waals surface area contributed by atoms with E-state index in [4.69, 9.17) is 19.9 Å². The largest absolute Gasteiger partial charge is 0.497 e. The Balaban J connectivity index is 1.73. The average molecular weight is 395 g/mol. The van der Waals surface area contributed by atoms with Crippen LogP contribution in [0.5, 0.6) is 5.75 Å². The number of hydrogen-bond acceptors (Lipinski definition) is 7. The van der Waals surface area contributed by atoms with E-state index in [-0.39, 0.29) is 12.4 Å².